The molecule has 0 atom stereocenters. The molecule has 0 unspecified atom stereocenters. The number of carbonyl (C=O) groups is 1. The Bertz CT molecular complexity index is 1090. The molecular weight excluding hydrogens is 336 g/mol. The number of amides is 1. The van der Waals surface area contributed by atoms with Gasteiger partial charge >= 0.3 is 0 Å². The zero-order valence-electron chi connectivity index (χ0n) is 15.1. The Balaban J connectivity index is 1.69. The van der Waals surface area contributed by atoms with Gasteiger partial charge in [0.25, 0.3) is 5.91 Å². The van der Waals surface area contributed by atoms with E-state index in [4.69, 9.17) is 0 Å². The number of benzene rings is 2. The van der Waals surface area contributed by atoms with Gasteiger partial charge in [0.1, 0.15) is 0 Å². The predicted molar refractivity (Wildman–Crippen MR) is 111 cm³/mol. The lowest BCUT2D eigenvalue weighted by atomic mass is 10.1. The third kappa shape index (κ3) is 2.87. The van der Waals surface area contributed by atoms with Gasteiger partial charge in [-0.15, -0.1) is 11.7 Å². The van der Waals surface area contributed by atoms with Crippen LogP contribution in [0.25, 0.3) is 10.9 Å². The fourth-order valence-electron chi connectivity index (χ4n) is 3.46. The van der Waals surface area contributed by atoms with Gasteiger partial charge in [-0.1, -0.05) is 49.4 Å². The van der Waals surface area contributed by atoms with Gasteiger partial charge in [-0.05, 0) is 18.1 Å². The number of anilines is 1. The first-order valence-corrected chi connectivity index (χ1v) is 8.96. The van der Waals surface area contributed by atoms with Crippen molar-refractivity contribution < 1.29 is 4.79 Å². The molecule has 134 valence electrons. The minimum absolute atomic E-state index is 0.152. The molecule has 3 aromatic rings. The van der Waals surface area contributed by atoms with Crippen molar-refractivity contribution in [1.29, 1.82) is 0 Å². The second-order valence-corrected chi connectivity index (χ2v) is 6.35. The second-order valence-electron chi connectivity index (χ2n) is 6.35. The smallest absolute Gasteiger partial charge is 0.279 e. The number of nitrogens with zero attached hydrogens (tertiary/aromatic N) is 3. The average Bonchev–Trinajstić information content (AvgIpc) is 3.23. The SMILES string of the molecule is C=CCN1C(=O)/C(=N/N=C/c2c[nH]c3c(CC)cccc23)c2ccccc21. The Kier molecular flexibility index (Phi) is 4.42. The van der Waals surface area contributed by atoms with Gasteiger partial charge in [-0.3, -0.25) is 4.79 Å². The van der Waals surface area contributed by atoms with Crippen molar-refractivity contribution in [2.75, 3.05) is 11.4 Å². The highest BCUT2D eigenvalue weighted by molar-refractivity contribution is 6.54. The molecule has 1 amide bonds. The normalized spacial score (nSPS) is 15.2. The molecule has 1 N–H and O–H groups in total. The van der Waals surface area contributed by atoms with Gasteiger partial charge in [0.15, 0.2) is 5.71 Å². The van der Waals surface area contributed by atoms with E-state index in [9.17, 15) is 4.79 Å². The number of aryl methyl sites for hydroxylation is 1. The molecular formula is C22H20N4O. The van der Waals surface area contributed by atoms with Crippen LogP contribution in [0.4, 0.5) is 5.69 Å². The van der Waals surface area contributed by atoms with Crippen LogP contribution in [0.3, 0.4) is 0 Å². The van der Waals surface area contributed by atoms with Crippen LogP contribution in [0.2, 0.25) is 0 Å². The highest BCUT2D eigenvalue weighted by Gasteiger charge is 2.32. The lowest BCUT2D eigenvalue weighted by Crippen LogP contribution is -2.30. The third-order valence-electron chi connectivity index (χ3n) is 4.78. The number of para-hydroxylation sites is 2. The van der Waals surface area contributed by atoms with E-state index in [1.54, 1.807) is 17.2 Å². The van der Waals surface area contributed by atoms with Crippen molar-refractivity contribution in [3.05, 3.63) is 78.0 Å². The van der Waals surface area contributed by atoms with Crippen LogP contribution in [0.1, 0.15) is 23.6 Å². The molecule has 2 heterocycles. The van der Waals surface area contributed by atoms with Crippen LogP contribution < -0.4 is 4.90 Å². The van der Waals surface area contributed by atoms with Crippen LogP contribution in [0.15, 0.2) is 71.5 Å². The van der Waals surface area contributed by atoms with E-state index in [0.29, 0.717) is 12.3 Å². The predicted octanol–water partition coefficient (Wildman–Crippen LogP) is 4.09. The van der Waals surface area contributed by atoms with Crippen molar-refractivity contribution in [2.45, 2.75) is 13.3 Å². The lowest BCUT2D eigenvalue weighted by molar-refractivity contribution is -0.112. The monoisotopic (exact) mass is 356 g/mol. The third-order valence-corrected chi connectivity index (χ3v) is 4.78. The highest BCUT2D eigenvalue weighted by atomic mass is 16.2. The molecule has 27 heavy (non-hydrogen) atoms. The Labute approximate surface area is 157 Å². The number of aromatic nitrogens is 1. The van der Waals surface area contributed by atoms with Crippen LogP contribution in [0.5, 0.6) is 0 Å². The highest BCUT2D eigenvalue weighted by Crippen LogP contribution is 2.29. The molecule has 0 saturated carbocycles. The van der Waals surface area contributed by atoms with E-state index in [0.717, 1.165) is 34.1 Å². The van der Waals surface area contributed by atoms with Crippen LogP contribution in [0, 0.1) is 0 Å². The zero-order chi connectivity index (χ0) is 18.8. The molecule has 1 aliphatic rings. The van der Waals surface area contributed by atoms with E-state index in [1.165, 1.54) is 5.56 Å². The maximum absolute atomic E-state index is 12.7. The number of fused-ring (bicyclic) bond motifs is 2. The first-order chi connectivity index (χ1) is 13.2. The Morgan fingerprint density at radius 1 is 1.19 bits per heavy atom. The first-order valence-electron chi connectivity index (χ1n) is 8.96. The first kappa shape index (κ1) is 17.0. The zero-order valence-corrected chi connectivity index (χ0v) is 15.1. The summed E-state index contributed by atoms with van der Waals surface area (Å²) >= 11 is 0. The molecule has 0 fully saturated rings. The van der Waals surface area contributed by atoms with Crippen LogP contribution in [-0.4, -0.2) is 29.4 Å². The lowest BCUT2D eigenvalue weighted by Gasteiger charge is -2.13. The minimum Gasteiger partial charge on any atom is -0.360 e. The summed E-state index contributed by atoms with van der Waals surface area (Å²) in [4.78, 5) is 17.7. The average molecular weight is 356 g/mol. The quantitative estimate of drug-likeness (QED) is 0.418. The molecule has 0 radical (unpaired) electrons. The summed E-state index contributed by atoms with van der Waals surface area (Å²) in [5, 5.41) is 9.57. The Hall–Kier alpha value is -3.47. The number of hydrogen-bond donors (Lipinski definition) is 1. The van der Waals surface area contributed by atoms with E-state index < -0.39 is 0 Å². The van der Waals surface area contributed by atoms with Gasteiger partial charge in [0.2, 0.25) is 0 Å². The van der Waals surface area contributed by atoms with Gasteiger partial charge in [-0.25, -0.2) is 0 Å². The molecule has 5 nitrogen and oxygen atoms in total. The van der Waals surface area contributed by atoms with E-state index in [1.807, 2.05) is 36.5 Å². The second kappa shape index (κ2) is 7.03. The number of nitrogens with one attached hydrogen (secondary N) is 1. The largest absolute Gasteiger partial charge is 0.360 e. The van der Waals surface area contributed by atoms with Crippen LogP contribution in [-0.2, 0) is 11.2 Å². The van der Waals surface area contributed by atoms with Crippen molar-refractivity contribution >= 4 is 34.4 Å². The van der Waals surface area contributed by atoms with Crippen molar-refractivity contribution in [3.8, 4) is 0 Å². The van der Waals surface area contributed by atoms with Gasteiger partial charge in [0.05, 0.1) is 11.9 Å². The summed E-state index contributed by atoms with van der Waals surface area (Å²) in [5.41, 5.74) is 5.33. The van der Waals surface area contributed by atoms with E-state index in [2.05, 4.69) is 40.8 Å². The van der Waals surface area contributed by atoms with E-state index in [-0.39, 0.29) is 5.91 Å². The van der Waals surface area contributed by atoms with Crippen molar-refractivity contribution in [1.82, 2.24) is 4.98 Å². The number of hydrogen-bond acceptors (Lipinski definition) is 3. The molecule has 0 saturated heterocycles. The van der Waals surface area contributed by atoms with Crippen molar-refractivity contribution in [2.24, 2.45) is 10.2 Å². The van der Waals surface area contributed by atoms with Crippen molar-refractivity contribution in [3.63, 3.8) is 0 Å². The molecule has 1 aliphatic heterocycles. The summed E-state index contributed by atoms with van der Waals surface area (Å²) in [5.74, 6) is -0.152. The van der Waals surface area contributed by atoms with Crippen LogP contribution >= 0.6 is 0 Å². The van der Waals surface area contributed by atoms with Gasteiger partial charge < -0.3 is 9.88 Å². The minimum atomic E-state index is -0.152. The number of rotatable bonds is 5. The standard InChI is InChI=1S/C22H20N4O/c1-3-12-26-19-11-6-5-9-18(19)21(22(26)27)25-24-14-16-13-23-20-15(4-2)8-7-10-17(16)20/h3,5-11,13-14,23H,1,4,12H2,2H3/b24-14+,25-21+. The molecule has 2 aromatic carbocycles. The molecule has 0 aliphatic carbocycles. The Morgan fingerprint density at radius 2 is 2.04 bits per heavy atom. The van der Waals surface area contributed by atoms with E-state index >= 15 is 0 Å². The number of H-pyrrole nitrogens is 1. The number of carbonyl (C=O) groups excluding carboxylic acids is 1. The fourth-order valence-corrected chi connectivity index (χ4v) is 3.46. The van der Waals surface area contributed by atoms with Gasteiger partial charge in [-0.2, -0.15) is 5.10 Å². The maximum atomic E-state index is 12.7. The maximum Gasteiger partial charge on any atom is 0.279 e. The summed E-state index contributed by atoms with van der Waals surface area (Å²) in [6.07, 6.45) is 6.28. The summed E-state index contributed by atoms with van der Waals surface area (Å²) in [6, 6.07) is 13.8. The molecule has 1 aromatic heterocycles. The summed E-state index contributed by atoms with van der Waals surface area (Å²) < 4.78 is 0. The Morgan fingerprint density at radius 3 is 2.85 bits per heavy atom. The number of aromatic amines is 1. The molecule has 5 heteroatoms. The summed E-state index contributed by atoms with van der Waals surface area (Å²) in [6.45, 7) is 6.31. The molecule has 4 rings (SSSR count). The molecule has 0 spiro atoms. The molecule has 0 bridgehead atoms. The topological polar surface area (TPSA) is 60.8 Å². The van der Waals surface area contributed by atoms with Gasteiger partial charge in [0, 0.05) is 34.8 Å². The summed E-state index contributed by atoms with van der Waals surface area (Å²) in [7, 11) is 0. The fraction of sp³-hybridized carbons (Fsp3) is 0.136.